The van der Waals surface area contributed by atoms with Crippen molar-refractivity contribution in [3.05, 3.63) is 71.8 Å². The molecule has 1 aliphatic heterocycles. The molecule has 30 heavy (non-hydrogen) atoms. The number of carbonyl (C=O) groups is 2. The average molecular weight is 407 g/mol. The molecule has 3 aromatic rings. The molecule has 0 spiro atoms. The average Bonchev–Trinajstić information content (AvgIpc) is 3.28. The first kappa shape index (κ1) is 19.8. The SMILES string of the molecule is CCn1cnnc1-c1ccc(C(=O)N2CCN(C(=O)c3ccc(F)cc3)CC2)cc1. The number of benzene rings is 2. The van der Waals surface area contributed by atoms with Crippen molar-refractivity contribution in [3.8, 4) is 11.4 Å². The van der Waals surface area contributed by atoms with E-state index >= 15 is 0 Å². The molecule has 0 saturated carbocycles. The Balaban J connectivity index is 1.38. The number of hydrogen-bond donors (Lipinski definition) is 0. The molecule has 2 heterocycles. The minimum Gasteiger partial charge on any atom is -0.335 e. The van der Waals surface area contributed by atoms with Crippen molar-refractivity contribution in [2.24, 2.45) is 0 Å². The molecule has 8 heteroatoms. The Hall–Kier alpha value is -3.55. The molecule has 1 saturated heterocycles. The second kappa shape index (κ2) is 8.44. The molecule has 7 nitrogen and oxygen atoms in total. The van der Waals surface area contributed by atoms with Crippen LogP contribution in [-0.4, -0.2) is 62.6 Å². The highest BCUT2D eigenvalue weighted by molar-refractivity contribution is 5.96. The van der Waals surface area contributed by atoms with Crippen molar-refractivity contribution in [1.82, 2.24) is 24.6 Å². The molecule has 1 aliphatic rings. The van der Waals surface area contributed by atoms with Gasteiger partial charge < -0.3 is 14.4 Å². The maximum absolute atomic E-state index is 13.1. The standard InChI is InChI=1S/C22H22FN5O2/c1-2-26-15-24-25-20(26)16-3-5-17(6-4-16)21(29)27-11-13-28(14-12-27)22(30)18-7-9-19(23)10-8-18/h3-10,15H,2,11-14H2,1H3. The van der Waals surface area contributed by atoms with Crippen molar-refractivity contribution >= 4 is 11.8 Å². The van der Waals surface area contributed by atoms with E-state index in [1.165, 1.54) is 24.3 Å². The van der Waals surface area contributed by atoms with Crippen LogP contribution in [0.2, 0.25) is 0 Å². The third-order valence-corrected chi connectivity index (χ3v) is 5.29. The van der Waals surface area contributed by atoms with Gasteiger partial charge in [0.05, 0.1) is 0 Å². The number of hydrogen-bond acceptors (Lipinski definition) is 4. The highest BCUT2D eigenvalue weighted by Gasteiger charge is 2.25. The minimum atomic E-state index is -0.372. The predicted molar refractivity (Wildman–Crippen MR) is 109 cm³/mol. The number of halogens is 1. The summed E-state index contributed by atoms with van der Waals surface area (Å²) in [6.45, 7) is 4.59. The summed E-state index contributed by atoms with van der Waals surface area (Å²) in [5, 5.41) is 8.07. The lowest BCUT2D eigenvalue weighted by Crippen LogP contribution is -2.50. The number of amides is 2. The number of nitrogens with zero attached hydrogens (tertiary/aromatic N) is 5. The van der Waals surface area contributed by atoms with Gasteiger partial charge in [-0.05, 0) is 43.3 Å². The molecule has 0 aliphatic carbocycles. The topological polar surface area (TPSA) is 71.3 Å². The van der Waals surface area contributed by atoms with Gasteiger partial charge in [0.15, 0.2) is 5.82 Å². The summed E-state index contributed by atoms with van der Waals surface area (Å²) in [6.07, 6.45) is 1.68. The summed E-state index contributed by atoms with van der Waals surface area (Å²) in [4.78, 5) is 28.8. The monoisotopic (exact) mass is 407 g/mol. The fourth-order valence-corrected chi connectivity index (χ4v) is 3.54. The maximum Gasteiger partial charge on any atom is 0.253 e. The van der Waals surface area contributed by atoms with E-state index in [-0.39, 0.29) is 17.6 Å². The van der Waals surface area contributed by atoms with E-state index in [0.717, 1.165) is 17.9 Å². The molecular formula is C22H22FN5O2. The van der Waals surface area contributed by atoms with Gasteiger partial charge in [0.1, 0.15) is 12.1 Å². The van der Waals surface area contributed by atoms with E-state index in [9.17, 15) is 14.0 Å². The molecule has 0 radical (unpaired) electrons. The van der Waals surface area contributed by atoms with Gasteiger partial charge in [-0.3, -0.25) is 9.59 Å². The van der Waals surface area contributed by atoms with Gasteiger partial charge in [-0.15, -0.1) is 10.2 Å². The van der Waals surface area contributed by atoms with Gasteiger partial charge in [0.25, 0.3) is 11.8 Å². The van der Waals surface area contributed by atoms with Crippen LogP contribution in [0.1, 0.15) is 27.6 Å². The number of rotatable bonds is 4. The Bertz CT molecular complexity index is 1040. The first-order valence-electron chi connectivity index (χ1n) is 9.89. The van der Waals surface area contributed by atoms with Crippen molar-refractivity contribution in [1.29, 1.82) is 0 Å². The maximum atomic E-state index is 13.1. The number of aromatic nitrogens is 3. The molecule has 1 aromatic heterocycles. The van der Waals surface area contributed by atoms with Gasteiger partial charge in [0.2, 0.25) is 0 Å². The van der Waals surface area contributed by atoms with E-state index in [0.29, 0.717) is 37.3 Å². The molecule has 0 N–H and O–H groups in total. The Kier molecular flexibility index (Phi) is 5.56. The summed E-state index contributed by atoms with van der Waals surface area (Å²) in [7, 11) is 0. The number of piperazine rings is 1. The molecule has 1 fully saturated rings. The van der Waals surface area contributed by atoms with Crippen LogP contribution in [0.4, 0.5) is 4.39 Å². The second-order valence-corrected chi connectivity index (χ2v) is 7.11. The van der Waals surface area contributed by atoms with Gasteiger partial charge in [-0.25, -0.2) is 4.39 Å². The third-order valence-electron chi connectivity index (χ3n) is 5.29. The number of aryl methyl sites for hydroxylation is 1. The van der Waals surface area contributed by atoms with Crippen LogP contribution in [0.25, 0.3) is 11.4 Å². The molecule has 0 unspecified atom stereocenters. The van der Waals surface area contributed by atoms with Gasteiger partial charge >= 0.3 is 0 Å². The first-order valence-corrected chi connectivity index (χ1v) is 9.89. The van der Waals surface area contributed by atoms with Crippen LogP contribution in [0.3, 0.4) is 0 Å². The van der Waals surface area contributed by atoms with Crippen molar-refractivity contribution in [2.75, 3.05) is 26.2 Å². The van der Waals surface area contributed by atoms with Gasteiger partial charge in [-0.2, -0.15) is 0 Å². The lowest BCUT2D eigenvalue weighted by Gasteiger charge is -2.35. The van der Waals surface area contributed by atoms with Crippen molar-refractivity contribution in [3.63, 3.8) is 0 Å². The highest BCUT2D eigenvalue weighted by atomic mass is 19.1. The molecule has 154 valence electrons. The van der Waals surface area contributed by atoms with E-state index in [4.69, 9.17) is 0 Å². The summed E-state index contributed by atoms with van der Waals surface area (Å²) >= 11 is 0. The van der Waals surface area contributed by atoms with E-state index in [1.54, 1.807) is 28.3 Å². The summed E-state index contributed by atoms with van der Waals surface area (Å²) in [5.41, 5.74) is 1.95. The van der Waals surface area contributed by atoms with Crippen LogP contribution in [0.15, 0.2) is 54.9 Å². The fraction of sp³-hybridized carbons (Fsp3) is 0.273. The van der Waals surface area contributed by atoms with Crippen molar-refractivity contribution < 1.29 is 14.0 Å². The Morgan fingerprint density at radius 2 is 1.37 bits per heavy atom. The molecule has 2 aromatic carbocycles. The van der Waals surface area contributed by atoms with Crippen LogP contribution in [0.5, 0.6) is 0 Å². The smallest absolute Gasteiger partial charge is 0.253 e. The zero-order valence-corrected chi connectivity index (χ0v) is 16.7. The summed E-state index contributed by atoms with van der Waals surface area (Å²) in [5.74, 6) is 0.186. The zero-order chi connectivity index (χ0) is 21.1. The van der Waals surface area contributed by atoms with E-state index in [1.807, 2.05) is 23.6 Å². The zero-order valence-electron chi connectivity index (χ0n) is 16.7. The minimum absolute atomic E-state index is 0.0626. The van der Waals surface area contributed by atoms with Gasteiger partial charge in [0, 0.05) is 49.4 Å². The molecule has 0 bridgehead atoms. The fourth-order valence-electron chi connectivity index (χ4n) is 3.54. The Morgan fingerprint density at radius 3 is 1.87 bits per heavy atom. The normalized spacial score (nSPS) is 14.1. The van der Waals surface area contributed by atoms with Crippen molar-refractivity contribution in [2.45, 2.75) is 13.5 Å². The van der Waals surface area contributed by atoms with E-state index < -0.39 is 0 Å². The quantitative estimate of drug-likeness (QED) is 0.667. The predicted octanol–water partition coefficient (Wildman–Crippen LogP) is 2.70. The van der Waals surface area contributed by atoms with Crippen LogP contribution >= 0.6 is 0 Å². The summed E-state index contributed by atoms with van der Waals surface area (Å²) < 4.78 is 15.0. The van der Waals surface area contributed by atoms with Crippen LogP contribution in [-0.2, 0) is 6.54 Å². The van der Waals surface area contributed by atoms with Crippen LogP contribution < -0.4 is 0 Å². The van der Waals surface area contributed by atoms with Gasteiger partial charge in [-0.1, -0.05) is 12.1 Å². The summed E-state index contributed by atoms with van der Waals surface area (Å²) in [6, 6.07) is 12.9. The molecular weight excluding hydrogens is 385 g/mol. The largest absolute Gasteiger partial charge is 0.335 e. The second-order valence-electron chi connectivity index (χ2n) is 7.11. The lowest BCUT2D eigenvalue weighted by atomic mass is 10.1. The molecule has 2 amide bonds. The Labute approximate surface area is 173 Å². The Morgan fingerprint density at radius 1 is 0.867 bits per heavy atom. The lowest BCUT2D eigenvalue weighted by molar-refractivity contribution is 0.0535. The van der Waals surface area contributed by atoms with Crippen LogP contribution in [0, 0.1) is 5.82 Å². The van der Waals surface area contributed by atoms with E-state index in [2.05, 4.69) is 10.2 Å². The number of carbonyl (C=O) groups excluding carboxylic acids is 2. The third kappa shape index (κ3) is 3.94. The highest BCUT2D eigenvalue weighted by Crippen LogP contribution is 2.19. The first-order chi connectivity index (χ1) is 14.6. The molecule has 0 atom stereocenters. The molecule has 4 rings (SSSR count).